The molecule has 0 aromatic heterocycles. The Morgan fingerprint density at radius 3 is 2.05 bits per heavy atom. The van der Waals surface area contributed by atoms with Crippen molar-refractivity contribution in [3.63, 3.8) is 0 Å². The normalized spacial score (nSPS) is 11.5. The maximum absolute atomic E-state index is 13.1. The van der Waals surface area contributed by atoms with Crippen LogP contribution in [0.15, 0.2) is 78.9 Å². The van der Waals surface area contributed by atoms with Crippen LogP contribution in [0, 0.1) is 0 Å². The Morgan fingerprint density at radius 2 is 1.39 bits per heavy atom. The molecule has 0 aliphatic carbocycles. The average molecular weight is 564 g/mol. The molecule has 1 N–H and O–H groups in total. The highest BCUT2D eigenvalue weighted by molar-refractivity contribution is 5.72. The van der Waals surface area contributed by atoms with Crippen LogP contribution in [-0.4, -0.2) is 54.5 Å². The molecule has 0 aliphatic heterocycles. The van der Waals surface area contributed by atoms with Gasteiger partial charge in [-0.15, -0.1) is 0 Å². The summed E-state index contributed by atoms with van der Waals surface area (Å²) in [6.45, 7) is 5.53. The van der Waals surface area contributed by atoms with Gasteiger partial charge in [0.2, 0.25) is 0 Å². The number of carboxylic acid groups (broad SMARTS) is 1. The van der Waals surface area contributed by atoms with Crippen molar-refractivity contribution in [1.82, 2.24) is 4.90 Å². The lowest BCUT2D eigenvalue weighted by Gasteiger charge is -2.22. The fraction of sp³-hybridized carbons (Fsp3) is 0.394. The standard InChI is InChI=1S/C33H41NO7/c1-3-5-6-7-11-22-34(23-24-39-27-16-14-26(15-17-27)25-31(32(35)36)38-4-2)33(37)41-30-20-18-29(19-21-30)40-28-12-9-8-10-13-28/h8-10,12-21,31H,3-7,11,22-25H2,1-2H3,(H,35,36). The minimum Gasteiger partial charge on any atom is -0.492 e. The van der Waals surface area contributed by atoms with E-state index in [1.165, 1.54) is 6.42 Å². The second-order valence-electron chi connectivity index (χ2n) is 9.63. The van der Waals surface area contributed by atoms with Crippen LogP contribution in [0.2, 0.25) is 0 Å². The SMILES string of the molecule is CCCCCCCN(CCOc1ccc(CC(OCC)C(=O)O)cc1)C(=O)Oc1ccc(Oc2ccccc2)cc1. The number of carbonyl (C=O) groups excluding carboxylic acids is 1. The Balaban J connectivity index is 1.53. The molecule has 8 nitrogen and oxygen atoms in total. The number of amides is 1. The summed E-state index contributed by atoms with van der Waals surface area (Å²) < 4.78 is 22.7. The van der Waals surface area contributed by atoms with E-state index in [-0.39, 0.29) is 6.42 Å². The molecule has 0 saturated carbocycles. The van der Waals surface area contributed by atoms with Crippen LogP contribution in [0.25, 0.3) is 0 Å². The second-order valence-corrected chi connectivity index (χ2v) is 9.63. The highest BCUT2D eigenvalue weighted by Gasteiger charge is 2.18. The first-order valence-corrected chi connectivity index (χ1v) is 14.3. The molecule has 0 spiro atoms. The van der Waals surface area contributed by atoms with Crippen molar-refractivity contribution in [3.8, 4) is 23.0 Å². The Hall–Kier alpha value is -4.04. The molecule has 0 fully saturated rings. The van der Waals surface area contributed by atoms with Gasteiger partial charge in [0, 0.05) is 19.6 Å². The van der Waals surface area contributed by atoms with Gasteiger partial charge >= 0.3 is 12.1 Å². The van der Waals surface area contributed by atoms with Crippen LogP contribution >= 0.6 is 0 Å². The summed E-state index contributed by atoms with van der Waals surface area (Å²) in [4.78, 5) is 26.1. The van der Waals surface area contributed by atoms with Gasteiger partial charge in [-0.3, -0.25) is 0 Å². The summed E-state index contributed by atoms with van der Waals surface area (Å²) in [6.07, 6.45) is 4.38. The summed E-state index contributed by atoms with van der Waals surface area (Å²) in [5.41, 5.74) is 0.843. The number of rotatable bonds is 18. The summed E-state index contributed by atoms with van der Waals surface area (Å²) >= 11 is 0. The van der Waals surface area contributed by atoms with Crippen LogP contribution in [0.5, 0.6) is 23.0 Å². The van der Waals surface area contributed by atoms with Crippen molar-refractivity contribution in [3.05, 3.63) is 84.4 Å². The van der Waals surface area contributed by atoms with Gasteiger partial charge < -0.3 is 29.0 Å². The molecule has 41 heavy (non-hydrogen) atoms. The Kier molecular flexibility index (Phi) is 13.5. The molecule has 1 amide bonds. The van der Waals surface area contributed by atoms with Crippen LogP contribution in [0.3, 0.4) is 0 Å². The molecule has 0 heterocycles. The maximum atomic E-state index is 13.1. The van der Waals surface area contributed by atoms with E-state index in [9.17, 15) is 14.7 Å². The van der Waals surface area contributed by atoms with Gasteiger partial charge in [-0.25, -0.2) is 9.59 Å². The van der Waals surface area contributed by atoms with E-state index in [0.717, 1.165) is 37.0 Å². The van der Waals surface area contributed by atoms with Crippen LogP contribution in [-0.2, 0) is 16.0 Å². The number of hydrogen-bond acceptors (Lipinski definition) is 6. The van der Waals surface area contributed by atoms with Gasteiger partial charge in [-0.05, 0) is 67.4 Å². The van der Waals surface area contributed by atoms with Crippen molar-refractivity contribution >= 4 is 12.1 Å². The van der Waals surface area contributed by atoms with E-state index in [2.05, 4.69) is 6.92 Å². The monoisotopic (exact) mass is 563 g/mol. The molecular formula is C33H41NO7. The Bertz CT molecular complexity index is 1170. The van der Waals surface area contributed by atoms with E-state index in [1.54, 1.807) is 48.2 Å². The number of carboxylic acids is 1. The molecule has 1 atom stereocenters. The number of nitrogens with zero attached hydrogens (tertiary/aromatic N) is 1. The zero-order chi connectivity index (χ0) is 29.3. The minimum atomic E-state index is -0.981. The Labute approximate surface area is 242 Å². The van der Waals surface area contributed by atoms with E-state index < -0.39 is 18.2 Å². The van der Waals surface area contributed by atoms with Crippen molar-refractivity contribution in [2.24, 2.45) is 0 Å². The number of benzene rings is 3. The molecule has 3 aromatic carbocycles. The third-order valence-corrected chi connectivity index (χ3v) is 6.42. The predicted octanol–water partition coefficient (Wildman–Crippen LogP) is 7.36. The first kappa shape index (κ1) is 31.5. The van der Waals surface area contributed by atoms with E-state index in [4.69, 9.17) is 18.9 Å². The fourth-order valence-corrected chi connectivity index (χ4v) is 4.19. The lowest BCUT2D eigenvalue weighted by molar-refractivity contribution is -0.149. The van der Waals surface area contributed by atoms with Crippen molar-refractivity contribution < 1.29 is 33.6 Å². The average Bonchev–Trinajstić information content (AvgIpc) is 2.98. The third kappa shape index (κ3) is 11.5. The van der Waals surface area contributed by atoms with Gasteiger partial charge in [0.1, 0.15) is 29.6 Å². The molecule has 0 radical (unpaired) electrons. The summed E-state index contributed by atoms with van der Waals surface area (Å²) in [5, 5.41) is 9.30. The summed E-state index contributed by atoms with van der Waals surface area (Å²) in [5.74, 6) is 1.48. The summed E-state index contributed by atoms with van der Waals surface area (Å²) in [7, 11) is 0. The zero-order valence-electron chi connectivity index (χ0n) is 24.0. The van der Waals surface area contributed by atoms with Crippen LogP contribution < -0.4 is 14.2 Å². The smallest absolute Gasteiger partial charge is 0.415 e. The fourth-order valence-electron chi connectivity index (χ4n) is 4.19. The van der Waals surface area contributed by atoms with Crippen LogP contribution in [0.1, 0.15) is 51.5 Å². The lowest BCUT2D eigenvalue weighted by Crippen LogP contribution is -2.37. The van der Waals surface area contributed by atoms with Crippen LogP contribution in [0.4, 0.5) is 4.79 Å². The highest BCUT2D eigenvalue weighted by Crippen LogP contribution is 2.24. The van der Waals surface area contributed by atoms with E-state index in [0.29, 0.717) is 43.6 Å². The molecule has 3 rings (SSSR count). The van der Waals surface area contributed by atoms with E-state index >= 15 is 0 Å². The molecule has 8 heteroatoms. The third-order valence-electron chi connectivity index (χ3n) is 6.42. The topological polar surface area (TPSA) is 94.5 Å². The number of carbonyl (C=O) groups is 2. The van der Waals surface area contributed by atoms with Crippen molar-refractivity contribution in [2.45, 2.75) is 58.5 Å². The molecular weight excluding hydrogens is 522 g/mol. The highest BCUT2D eigenvalue weighted by atomic mass is 16.6. The first-order chi connectivity index (χ1) is 20.0. The van der Waals surface area contributed by atoms with Gasteiger partial charge in [0.25, 0.3) is 0 Å². The number of para-hydroxylation sites is 1. The van der Waals surface area contributed by atoms with Crippen molar-refractivity contribution in [2.75, 3.05) is 26.3 Å². The lowest BCUT2D eigenvalue weighted by atomic mass is 10.1. The Morgan fingerprint density at radius 1 is 0.756 bits per heavy atom. The van der Waals surface area contributed by atoms with Gasteiger partial charge in [0.05, 0.1) is 6.54 Å². The quantitative estimate of drug-likeness (QED) is 0.162. The number of hydrogen-bond donors (Lipinski definition) is 1. The molecule has 0 saturated heterocycles. The van der Waals surface area contributed by atoms with Gasteiger partial charge in [0.15, 0.2) is 6.10 Å². The number of aliphatic carboxylic acids is 1. The van der Waals surface area contributed by atoms with Gasteiger partial charge in [-0.2, -0.15) is 0 Å². The van der Waals surface area contributed by atoms with Crippen molar-refractivity contribution in [1.29, 1.82) is 0 Å². The predicted molar refractivity (Wildman–Crippen MR) is 158 cm³/mol. The molecule has 0 bridgehead atoms. The minimum absolute atomic E-state index is 0.278. The van der Waals surface area contributed by atoms with E-state index in [1.807, 2.05) is 42.5 Å². The molecule has 1 unspecified atom stereocenters. The molecule has 0 aliphatic rings. The largest absolute Gasteiger partial charge is 0.492 e. The number of unbranched alkanes of at least 4 members (excludes halogenated alkanes) is 4. The zero-order valence-corrected chi connectivity index (χ0v) is 24.0. The molecule has 220 valence electrons. The van der Waals surface area contributed by atoms with Gasteiger partial charge in [-0.1, -0.05) is 62.9 Å². The first-order valence-electron chi connectivity index (χ1n) is 14.3. The second kappa shape index (κ2) is 17.6. The maximum Gasteiger partial charge on any atom is 0.415 e. The molecule has 3 aromatic rings. The number of ether oxygens (including phenoxy) is 4. The summed E-state index contributed by atoms with van der Waals surface area (Å²) in [6, 6.07) is 23.7.